The lowest BCUT2D eigenvalue weighted by Gasteiger charge is -2.20. The zero-order valence-corrected chi connectivity index (χ0v) is 13.1. The van der Waals surface area contributed by atoms with Crippen LogP contribution in [0.5, 0.6) is 0 Å². The lowest BCUT2D eigenvalue weighted by Crippen LogP contribution is -2.23. The molecule has 1 nitrogen and oxygen atoms in total. The van der Waals surface area contributed by atoms with E-state index in [4.69, 9.17) is 0 Å². The van der Waals surface area contributed by atoms with Gasteiger partial charge in [-0.15, -0.1) is 17.9 Å². The summed E-state index contributed by atoms with van der Waals surface area (Å²) in [6, 6.07) is 0. The Kier molecular flexibility index (Phi) is 4.62. The monoisotopic (exact) mass is 276 g/mol. The first-order valence-corrected chi connectivity index (χ1v) is 8.13. The quantitative estimate of drug-likeness (QED) is 0.750. The van der Waals surface area contributed by atoms with Crippen molar-refractivity contribution in [2.24, 2.45) is 11.8 Å². The molecule has 1 atom stereocenters. The molecule has 0 bridgehead atoms. The lowest BCUT2D eigenvalue weighted by molar-refractivity contribution is 0.462. The molecule has 2 heteroatoms. The summed E-state index contributed by atoms with van der Waals surface area (Å²) in [4.78, 5) is 15.2. The van der Waals surface area contributed by atoms with Crippen LogP contribution in [0.2, 0.25) is 0 Å². The summed E-state index contributed by atoms with van der Waals surface area (Å²) in [5, 5.41) is 0. The van der Waals surface area contributed by atoms with Crippen LogP contribution in [0.25, 0.3) is 0 Å². The average Bonchev–Trinajstić information content (AvgIpc) is 2.38. The van der Waals surface area contributed by atoms with Gasteiger partial charge in [0.25, 0.3) is 0 Å². The van der Waals surface area contributed by atoms with Crippen molar-refractivity contribution in [3.63, 3.8) is 0 Å². The lowest BCUT2D eigenvalue weighted by atomic mass is 9.88. The average molecular weight is 276 g/mol. The molecule has 0 fully saturated rings. The number of aryl methyl sites for hydroxylation is 2. The molecule has 0 aliphatic heterocycles. The van der Waals surface area contributed by atoms with Gasteiger partial charge in [-0.25, -0.2) is 0 Å². The minimum Gasteiger partial charge on any atom is -0.289 e. The van der Waals surface area contributed by atoms with Crippen molar-refractivity contribution < 1.29 is 0 Å². The van der Waals surface area contributed by atoms with E-state index in [0.29, 0.717) is 17.3 Å². The van der Waals surface area contributed by atoms with Gasteiger partial charge in [-0.05, 0) is 50.9 Å². The topological polar surface area (TPSA) is 17.1 Å². The fourth-order valence-corrected chi connectivity index (χ4v) is 4.12. The molecule has 1 heterocycles. The van der Waals surface area contributed by atoms with Crippen LogP contribution >= 0.6 is 11.3 Å². The summed E-state index contributed by atoms with van der Waals surface area (Å²) in [6.07, 6.45) is 7.36. The van der Waals surface area contributed by atoms with Gasteiger partial charge in [-0.2, -0.15) is 0 Å². The summed E-state index contributed by atoms with van der Waals surface area (Å²) >= 11 is 1.85. The summed E-state index contributed by atoms with van der Waals surface area (Å²) in [5.74, 6) is 0.942. The van der Waals surface area contributed by atoms with E-state index in [1.54, 1.807) is 0 Å². The van der Waals surface area contributed by atoms with Crippen LogP contribution in [-0.4, -0.2) is 0 Å². The molecule has 0 spiro atoms. The van der Waals surface area contributed by atoms with E-state index in [2.05, 4.69) is 27.4 Å². The van der Waals surface area contributed by atoms with E-state index in [1.165, 1.54) is 22.6 Å². The molecule has 0 saturated heterocycles. The van der Waals surface area contributed by atoms with Gasteiger partial charge in [-0.1, -0.05) is 19.9 Å². The highest BCUT2D eigenvalue weighted by atomic mass is 32.1. The normalized spacial score (nSPS) is 16.2. The third-order valence-electron chi connectivity index (χ3n) is 4.27. The molecule has 0 saturated carbocycles. The maximum atomic E-state index is 12.7. The first kappa shape index (κ1) is 14.5. The predicted molar refractivity (Wildman–Crippen MR) is 84.2 cm³/mol. The van der Waals surface area contributed by atoms with Crippen molar-refractivity contribution in [2.75, 3.05) is 0 Å². The zero-order chi connectivity index (χ0) is 14.0. The van der Waals surface area contributed by atoms with Crippen molar-refractivity contribution >= 4 is 11.3 Å². The Labute approximate surface area is 120 Å². The van der Waals surface area contributed by atoms with Crippen LogP contribution in [0.1, 0.15) is 47.6 Å². The van der Waals surface area contributed by atoms with Gasteiger partial charge in [0.05, 0.1) is 0 Å². The van der Waals surface area contributed by atoms with E-state index < -0.39 is 0 Å². The van der Waals surface area contributed by atoms with Crippen LogP contribution in [0.4, 0.5) is 0 Å². The highest BCUT2D eigenvalue weighted by Gasteiger charge is 2.20. The molecule has 0 radical (unpaired) electrons. The summed E-state index contributed by atoms with van der Waals surface area (Å²) in [5.41, 5.74) is 2.49. The van der Waals surface area contributed by atoms with Crippen molar-refractivity contribution in [1.82, 2.24) is 0 Å². The molecule has 1 aliphatic rings. The van der Waals surface area contributed by atoms with Gasteiger partial charge >= 0.3 is 0 Å². The smallest absolute Gasteiger partial charge is 0.187 e. The van der Waals surface area contributed by atoms with E-state index in [9.17, 15) is 4.79 Å². The molecular formula is C17H24OS. The number of rotatable bonds is 4. The van der Waals surface area contributed by atoms with Crippen LogP contribution in [-0.2, 0) is 19.3 Å². The third kappa shape index (κ3) is 3.00. The van der Waals surface area contributed by atoms with Crippen molar-refractivity contribution in [2.45, 2.75) is 52.9 Å². The summed E-state index contributed by atoms with van der Waals surface area (Å²) < 4.78 is 0. The van der Waals surface area contributed by atoms with Crippen LogP contribution in [0.3, 0.4) is 0 Å². The van der Waals surface area contributed by atoms with Crippen LogP contribution in [0.15, 0.2) is 17.4 Å². The van der Waals surface area contributed by atoms with Crippen molar-refractivity contribution in [1.29, 1.82) is 0 Å². The predicted octanol–water partition coefficient (Wildman–Crippen LogP) is 4.30. The standard InChI is InChI=1S/C17H24OS/c1-5-13(11(2)3)10-15-12(4)19-16-9-7-6-8-14(16)17(15)18/h5,11,13H,1,6-10H2,2-4H3. The van der Waals surface area contributed by atoms with Crippen LogP contribution in [0, 0.1) is 18.8 Å². The molecule has 1 aromatic rings. The highest BCUT2D eigenvalue weighted by Crippen LogP contribution is 2.28. The number of allylic oxidation sites excluding steroid dienone is 1. The van der Waals surface area contributed by atoms with Gasteiger partial charge in [0.2, 0.25) is 0 Å². The highest BCUT2D eigenvalue weighted by molar-refractivity contribution is 7.11. The van der Waals surface area contributed by atoms with Crippen molar-refractivity contribution in [3.8, 4) is 0 Å². The second kappa shape index (κ2) is 6.04. The summed E-state index contributed by atoms with van der Waals surface area (Å²) in [6.45, 7) is 10.4. The van der Waals surface area contributed by atoms with E-state index in [-0.39, 0.29) is 0 Å². The molecule has 1 unspecified atom stereocenters. The largest absolute Gasteiger partial charge is 0.289 e. The van der Waals surface area contributed by atoms with E-state index >= 15 is 0 Å². The first-order valence-electron chi connectivity index (χ1n) is 7.31. The second-order valence-corrected chi connectivity index (χ2v) is 7.23. The number of fused-ring (bicyclic) bond motifs is 1. The number of hydrogen-bond acceptors (Lipinski definition) is 2. The Balaban J connectivity index is 2.41. The minimum atomic E-state index is 0.332. The van der Waals surface area contributed by atoms with Crippen molar-refractivity contribution in [3.05, 3.63) is 43.8 Å². The molecule has 0 amide bonds. The Bertz CT molecular complexity index is 525. The Morgan fingerprint density at radius 3 is 2.63 bits per heavy atom. The molecule has 104 valence electrons. The molecule has 1 aromatic heterocycles. The molecule has 2 rings (SSSR count). The molecular weight excluding hydrogens is 252 g/mol. The fourth-order valence-electron chi connectivity index (χ4n) is 2.88. The van der Waals surface area contributed by atoms with Gasteiger partial charge < -0.3 is 0 Å². The Morgan fingerprint density at radius 1 is 1.32 bits per heavy atom. The summed E-state index contributed by atoms with van der Waals surface area (Å²) in [7, 11) is 0. The SMILES string of the molecule is C=CC(Cc1c(C)sc2c(c1=O)CCCC2)C(C)C. The number of hydrogen-bond donors (Lipinski definition) is 0. The molecule has 0 N–H and O–H groups in total. The maximum absolute atomic E-state index is 12.7. The fraction of sp³-hybridized carbons (Fsp3) is 0.588. The molecule has 1 aliphatic carbocycles. The Hall–Kier alpha value is -0.890. The van der Waals surface area contributed by atoms with Gasteiger partial charge in [0.1, 0.15) is 0 Å². The van der Waals surface area contributed by atoms with Gasteiger partial charge in [-0.3, -0.25) is 4.79 Å². The minimum absolute atomic E-state index is 0.332. The second-order valence-electron chi connectivity index (χ2n) is 5.92. The van der Waals surface area contributed by atoms with E-state index in [1.807, 2.05) is 17.4 Å². The van der Waals surface area contributed by atoms with Gasteiger partial charge in [0, 0.05) is 20.9 Å². The van der Waals surface area contributed by atoms with Crippen LogP contribution < -0.4 is 5.43 Å². The molecule has 0 aromatic carbocycles. The third-order valence-corrected chi connectivity index (χ3v) is 5.52. The molecule has 19 heavy (non-hydrogen) atoms. The maximum Gasteiger partial charge on any atom is 0.187 e. The Morgan fingerprint density at radius 2 is 2.00 bits per heavy atom. The van der Waals surface area contributed by atoms with E-state index in [0.717, 1.165) is 30.4 Å². The zero-order valence-electron chi connectivity index (χ0n) is 12.3. The van der Waals surface area contributed by atoms with Gasteiger partial charge in [0.15, 0.2) is 5.43 Å². The first-order chi connectivity index (χ1) is 9.04.